The largest absolute Gasteiger partial charge is 0.338 e. The van der Waals surface area contributed by atoms with Crippen LogP contribution in [-0.4, -0.2) is 9.97 Å². The molecule has 120 valence electrons. The molecule has 0 bridgehead atoms. The third-order valence-electron chi connectivity index (χ3n) is 4.67. The van der Waals surface area contributed by atoms with Gasteiger partial charge >= 0.3 is 0 Å². The summed E-state index contributed by atoms with van der Waals surface area (Å²) in [6.45, 7) is 4.33. The predicted molar refractivity (Wildman–Crippen MR) is 97.2 cm³/mol. The molecule has 0 saturated heterocycles. The smallest absolute Gasteiger partial charge is 0.139 e. The summed E-state index contributed by atoms with van der Waals surface area (Å²) in [6, 6.07) is 10.9. The Bertz CT molecular complexity index is 992. The first-order valence-corrected chi connectivity index (χ1v) is 8.25. The second-order valence-electron chi connectivity index (χ2n) is 6.38. The van der Waals surface area contributed by atoms with E-state index in [2.05, 4.69) is 48.1 Å². The number of nitrogens with one attached hydrogen (secondary N) is 1. The fraction of sp³-hybridized carbons (Fsp3) is 0.190. The molecular formula is C21H19FN2. The van der Waals surface area contributed by atoms with Gasteiger partial charge in [-0.25, -0.2) is 9.37 Å². The van der Waals surface area contributed by atoms with E-state index in [1.165, 1.54) is 34.4 Å². The summed E-state index contributed by atoms with van der Waals surface area (Å²) in [5, 5.41) is 0. The fourth-order valence-electron chi connectivity index (χ4n) is 3.41. The van der Waals surface area contributed by atoms with E-state index in [4.69, 9.17) is 0 Å². The van der Waals surface area contributed by atoms with Crippen LogP contribution in [0.3, 0.4) is 0 Å². The highest BCUT2D eigenvalue weighted by Crippen LogP contribution is 2.36. The highest BCUT2D eigenvalue weighted by atomic mass is 19.1. The van der Waals surface area contributed by atoms with Crippen molar-refractivity contribution in [3.05, 3.63) is 71.1 Å². The molecule has 0 amide bonds. The van der Waals surface area contributed by atoms with Gasteiger partial charge in [-0.05, 0) is 61.6 Å². The summed E-state index contributed by atoms with van der Waals surface area (Å²) in [4.78, 5) is 7.95. The quantitative estimate of drug-likeness (QED) is 0.635. The van der Waals surface area contributed by atoms with E-state index in [-0.39, 0.29) is 5.82 Å². The maximum atomic E-state index is 13.5. The van der Waals surface area contributed by atoms with Crippen LogP contribution in [0, 0.1) is 12.7 Å². The van der Waals surface area contributed by atoms with E-state index >= 15 is 0 Å². The van der Waals surface area contributed by atoms with Gasteiger partial charge in [-0.15, -0.1) is 0 Å². The van der Waals surface area contributed by atoms with Crippen molar-refractivity contribution >= 4 is 16.6 Å². The van der Waals surface area contributed by atoms with Gasteiger partial charge in [-0.1, -0.05) is 35.9 Å². The number of hydrogen-bond donors (Lipinski definition) is 1. The normalized spacial score (nSPS) is 14.6. The first-order chi connectivity index (χ1) is 11.6. The number of aromatic nitrogens is 2. The zero-order valence-electron chi connectivity index (χ0n) is 13.9. The van der Waals surface area contributed by atoms with E-state index in [1.807, 2.05) is 6.07 Å². The Kier molecular flexibility index (Phi) is 3.57. The fourth-order valence-corrected chi connectivity index (χ4v) is 3.41. The predicted octanol–water partition coefficient (Wildman–Crippen LogP) is 5.80. The van der Waals surface area contributed by atoms with Gasteiger partial charge in [0.15, 0.2) is 0 Å². The molecule has 1 aliphatic carbocycles. The average Bonchev–Trinajstić information content (AvgIpc) is 2.98. The minimum atomic E-state index is -0.254. The number of aryl methyl sites for hydroxylation is 1. The lowest BCUT2D eigenvalue weighted by atomic mass is 9.87. The summed E-state index contributed by atoms with van der Waals surface area (Å²) in [5.74, 6) is 0.532. The monoisotopic (exact) mass is 318 g/mol. The average molecular weight is 318 g/mol. The summed E-state index contributed by atoms with van der Waals surface area (Å²) in [6.07, 6.45) is 6.63. The highest BCUT2D eigenvalue weighted by Gasteiger charge is 2.17. The molecule has 0 saturated carbocycles. The Hall–Kier alpha value is -2.68. The van der Waals surface area contributed by atoms with E-state index in [9.17, 15) is 4.39 Å². The molecule has 3 heteroatoms. The molecule has 24 heavy (non-hydrogen) atoms. The van der Waals surface area contributed by atoms with Crippen LogP contribution in [0.25, 0.3) is 28.0 Å². The number of nitrogens with zero attached hydrogens (tertiary/aromatic N) is 1. The van der Waals surface area contributed by atoms with Gasteiger partial charge in [0.2, 0.25) is 0 Å². The lowest BCUT2D eigenvalue weighted by Gasteiger charge is -2.18. The van der Waals surface area contributed by atoms with E-state index in [1.54, 1.807) is 6.07 Å². The van der Waals surface area contributed by atoms with Crippen LogP contribution in [0.2, 0.25) is 0 Å². The Morgan fingerprint density at radius 2 is 2.00 bits per heavy atom. The number of aromatic amines is 1. The van der Waals surface area contributed by atoms with Crippen molar-refractivity contribution in [2.75, 3.05) is 0 Å². The SMILES string of the molecule is CC1=C(c2c(C)cccc2-c2nc3ccc(F)cc3[nH]2)C=CCC1. The number of hydrogen-bond acceptors (Lipinski definition) is 1. The molecule has 4 rings (SSSR count). The number of benzene rings is 2. The number of rotatable bonds is 2. The lowest BCUT2D eigenvalue weighted by Crippen LogP contribution is -1.98. The Balaban J connectivity index is 1.95. The van der Waals surface area contributed by atoms with Gasteiger partial charge in [-0.3, -0.25) is 0 Å². The van der Waals surface area contributed by atoms with Crippen molar-refractivity contribution < 1.29 is 4.39 Å². The molecule has 1 aliphatic rings. The van der Waals surface area contributed by atoms with Crippen LogP contribution < -0.4 is 0 Å². The first kappa shape index (κ1) is 14.9. The van der Waals surface area contributed by atoms with E-state index in [0.29, 0.717) is 0 Å². The number of fused-ring (bicyclic) bond motifs is 1. The number of halogens is 1. The Morgan fingerprint density at radius 1 is 1.12 bits per heavy atom. The van der Waals surface area contributed by atoms with Crippen molar-refractivity contribution in [2.45, 2.75) is 26.7 Å². The molecule has 0 spiro atoms. The molecule has 2 aromatic carbocycles. The van der Waals surface area contributed by atoms with Gasteiger partial charge < -0.3 is 4.98 Å². The third kappa shape index (κ3) is 2.46. The van der Waals surface area contributed by atoms with Crippen LogP contribution in [-0.2, 0) is 0 Å². The van der Waals surface area contributed by atoms with E-state index < -0.39 is 0 Å². The van der Waals surface area contributed by atoms with Crippen LogP contribution in [0.15, 0.2) is 54.1 Å². The number of allylic oxidation sites excluding steroid dienone is 4. The van der Waals surface area contributed by atoms with Gasteiger partial charge in [0, 0.05) is 5.56 Å². The lowest BCUT2D eigenvalue weighted by molar-refractivity contribution is 0.629. The molecule has 3 aromatic rings. The van der Waals surface area contributed by atoms with Gasteiger partial charge in [0.1, 0.15) is 11.6 Å². The highest BCUT2D eigenvalue weighted by molar-refractivity contribution is 5.89. The van der Waals surface area contributed by atoms with E-state index in [0.717, 1.165) is 35.3 Å². The van der Waals surface area contributed by atoms with Gasteiger partial charge in [-0.2, -0.15) is 0 Å². The number of H-pyrrole nitrogens is 1. The van der Waals surface area contributed by atoms with Crippen molar-refractivity contribution in [1.29, 1.82) is 0 Å². The molecule has 0 aliphatic heterocycles. The second kappa shape index (κ2) is 5.75. The van der Waals surface area contributed by atoms with Gasteiger partial charge in [0.25, 0.3) is 0 Å². The van der Waals surface area contributed by atoms with Crippen LogP contribution >= 0.6 is 0 Å². The van der Waals surface area contributed by atoms with Crippen LogP contribution in [0.4, 0.5) is 4.39 Å². The topological polar surface area (TPSA) is 28.7 Å². The van der Waals surface area contributed by atoms with Crippen molar-refractivity contribution in [3.8, 4) is 11.4 Å². The molecule has 0 atom stereocenters. The zero-order valence-corrected chi connectivity index (χ0v) is 13.9. The van der Waals surface area contributed by atoms with Crippen molar-refractivity contribution in [3.63, 3.8) is 0 Å². The molecule has 2 nitrogen and oxygen atoms in total. The maximum absolute atomic E-state index is 13.5. The van der Waals surface area contributed by atoms with Crippen LogP contribution in [0.1, 0.15) is 30.9 Å². The Labute approximate surface area is 140 Å². The van der Waals surface area contributed by atoms with Crippen molar-refractivity contribution in [1.82, 2.24) is 9.97 Å². The first-order valence-electron chi connectivity index (χ1n) is 8.25. The molecule has 1 heterocycles. The Morgan fingerprint density at radius 3 is 2.83 bits per heavy atom. The molecule has 1 N–H and O–H groups in total. The minimum Gasteiger partial charge on any atom is -0.338 e. The third-order valence-corrected chi connectivity index (χ3v) is 4.67. The van der Waals surface area contributed by atoms with Crippen molar-refractivity contribution in [2.24, 2.45) is 0 Å². The molecular weight excluding hydrogens is 299 g/mol. The van der Waals surface area contributed by atoms with Gasteiger partial charge in [0.05, 0.1) is 11.0 Å². The maximum Gasteiger partial charge on any atom is 0.139 e. The molecule has 0 fully saturated rings. The summed E-state index contributed by atoms with van der Waals surface area (Å²) in [5.41, 5.74) is 7.68. The molecule has 0 radical (unpaired) electrons. The summed E-state index contributed by atoms with van der Waals surface area (Å²) in [7, 11) is 0. The standard InChI is InChI=1S/C21H19FN2/c1-13-6-3-4-8-16(13)20-14(2)7-5-9-17(20)21-23-18-11-10-15(22)12-19(18)24-21/h4-5,7-12H,3,6H2,1-2H3,(H,23,24). The molecule has 0 unspecified atom stereocenters. The summed E-state index contributed by atoms with van der Waals surface area (Å²) >= 11 is 0. The molecule has 1 aromatic heterocycles. The number of imidazole rings is 1. The van der Waals surface area contributed by atoms with Crippen LogP contribution in [0.5, 0.6) is 0 Å². The summed E-state index contributed by atoms with van der Waals surface area (Å²) < 4.78 is 13.5. The zero-order chi connectivity index (χ0) is 16.7. The minimum absolute atomic E-state index is 0.254. The second-order valence-corrected chi connectivity index (χ2v) is 6.38.